The average molecular weight is 481 g/mol. The van der Waals surface area contributed by atoms with Gasteiger partial charge in [-0.25, -0.2) is 0 Å². The Hall–Kier alpha value is -1.57. The Balaban J connectivity index is 0.00000261. The molecule has 0 unspecified atom stereocenters. The van der Waals surface area contributed by atoms with E-state index < -0.39 is 0 Å². The maximum atomic E-state index is 4.91. The SMILES string of the molecule is CCNC(=NCC1(c2ccccc2)CCC1)NCCCc1cnn(C)c1.I. The largest absolute Gasteiger partial charge is 0.357 e. The maximum absolute atomic E-state index is 4.91. The second-order valence-electron chi connectivity index (χ2n) is 7.25. The molecule has 3 rings (SSSR count). The van der Waals surface area contributed by atoms with E-state index in [9.17, 15) is 0 Å². The summed E-state index contributed by atoms with van der Waals surface area (Å²) in [6.45, 7) is 4.77. The van der Waals surface area contributed by atoms with Gasteiger partial charge in [0.2, 0.25) is 0 Å². The Morgan fingerprint density at radius 3 is 2.59 bits per heavy atom. The number of aliphatic imine (C=N–C) groups is 1. The molecule has 1 aliphatic rings. The van der Waals surface area contributed by atoms with Crippen LogP contribution in [0, 0.1) is 0 Å². The molecule has 6 heteroatoms. The highest BCUT2D eigenvalue weighted by atomic mass is 127. The molecule has 0 aliphatic heterocycles. The number of rotatable bonds is 8. The fourth-order valence-electron chi connectivity index (χ4n) is 3.61. The van der Waals surface area contributed by atoms with Crippen LogP contribution in [0.25, 0.3) is 0 Å². The Labute approximate surface area is 180 Å². The molecule has 1 aromatic heterocycles. The van der Waals surface area contributed by atoms with Gasteiger partial charge in [0, 0.05) is 31.7 Å². The van der Waals surface area contributed by atoms with Crippen LogP contribution in [-0.2, 0) is 18.9 Å². The van der Waals surface area contributed by atoms with Gasteiger partial charge in [-0.2, -0.15) is 5.10 Å². The molecule has 1 saturated carbocycles. The third kappa shape index (κ3) is 5.96. The summed E-state index contributed by atoms with van der Waals surface area (Å²) in [5, 5.41) is 11.1. The van der Waals surface area contributed by atoms with Crippen molar-refractivity contribution in [1.82, 2.24) is 20.4 Å². The third-order valence-corrected chi connectivity index (χ3v) is 5.27. The van der Waals surface area contributed by atoms with E-state index in [-0.39, 0.29) is 29.4 Å². The molecule has 27 heavy (non-hydrogen) atoms. The van der Waals surface area contributed by atoms with E-state index in [0.29, 0.717) is 0 Å². The lowest BCUT2D eigenvalue weighted by Gasteiger charge is -2.41. The van der Waals surface area contributed by atoms with E-state index >= 15 is 0 Å². The molecule has 0 spiro atoms. The molecule has 0 atom stereocenters. The molecule has 2 aromatic rings. The molecule has 0 bridgehead atoms. The minimum absolute atomic E-state index is 0. The minimum Gasteiger partial charge on any atom is -0.357 e. The van der Waals surface area contributed by atoms with E-state index in [2.05, 4.69) is 59.2 Å². The molecule has 1 aromatic carbocycles. The van der Waals surface area contributed by atoms with Gasteiger partial charge in [-0.3, -0.25) is 9.67 Å². The van der Waals surface area contributed by atoms with Gasteiger partial charge in [-0.05, 0) is 43.7 Å². The van der Waals surface area contributed by atoms with Crippen molar-refractivity contribution in [3.8, 4) is 0 Å². The number of aromatic nitrogens is 2. The molecular formula is C21H32IN5. The highest BCUT2D eigenvalue weighted by Gasteiger charge is 2.38. The van der Waals surface area contributed by atoms with Crippen molar-refractivity contribution in [1.29, 1.82) is 0 Å². The van der Waals surface area contributed by atoms with Crippen molar-refractivity contribution in [2.45, 2.75) is 44.4 Å². The van der Waals surface area contributed by atoms with Crippen LogP contribution in [0.5, 0.6) is 0 Å². The summed E-state index contributed by atoms with van der Waals surface area (Å²) in [5.74, 6) is 0.931. The number of guanidine groups is 1. The lowest BCUT2D eigenvalue weighted by molar-refractivity contribution is 0.253. The van der Waals surface area contributed by atoms with Crippen LogP contribution in [0.2, 0.25) is 0 Å². The van der Waals surface area contributed by atoms with Gasteiger partial charge in [0.25, 0.3) is 0 Å². The summed E-state index contributed by atoms with van der Waals surface area (Å²) >= 11 is 0. The number of benzene rings is 1. The standard InChI is InChI=1S/C21H31N5.HI/c1-3-22-20(23-14-7-9-18-15-25-26(2)16-18)24-17-21(12-8-13-21)19-10-5-4-6-11-19;/h4-6,10-11,15-16H,3,7-9,12-14,17H2,1-2H3,(H2,22,23,24);1H. The van der Waals surface area contributed by atoms with Gasteiger partial charge in [-0.1, -0.05) is 36.8 Å². The minimum atomic E-state index is 0. The van der Waals surface area contributed by atoms with Crippen LogP contribution < -0.4 is 10.6 Å². The van der Waals surface area contributed by atoms with Crippen molar-refractivity contribution < 1.29 is 0 Å². The Morgan fingerprint density at radius 1 is 1.22 bits per heavy atom. The number of hydrogen-bond donors (Lipinski definition) is 2. The quantitative estimate of drug-likeness (QED) is 0.262. The normalized spacial score (nSPS) is 15.6. The van der Waals surface area contributed by atoms with E-state index in [1.54, 1.807) is 0 Å². The molecule has 0 radical (unpaired) electrons. The first-order valence-corrected chi connectivity index (χ1v) is 9.77. The number of hydrogen-bond acceptors (Lipinski definition) is 2. The average Bonchev–Trinajstić information content (AvgIpc) is 3.04. The molecule has 1 fully saturated rings. The lowest BCUT2D eigenvalue weighted by atomic mass is 9.64. The summed E-state index contributed by atoms with van der Waals surface area (Å²) in [4.78, 5) is 4.91. The maximum Gasteiger partial charge on any atom is 0.191 e. The first-order chi connectivity index (χ1) is 12.7. The topological polar surface area (TPSA) is 54.2 Å². The first kappa shape index (κ1) is 21.7. The highest BCUT2D eigenvalue weighted by Crippen LogP contribution is 2.43. The zero-order valence-electron chi connectivity index (χ0n) is 16.4. The van der Waals surface area contributed by atoms with Crippen molar-refractivity contribution in [2.24, 2.45) is 12.0 Å². The molecule has 0 amide bonds. The molecule has 0 saturated heterocycles. The highest BCUT2D eigenvalue weighted by molar-refractivity contribution is 14.0. The molecule has 1 aliphatic carbocycles. The first-order valence-electron chi connectivity index (χ1n) is 9.77. The molecule has 1 heterocycles. The van der Waals surface area contributed by atoms with E-state index in [4.69, 9.17) is 4.99 Å². The van der Waals surface area contributed by atoms with Gasteiger partial charge >= 0.3 is 0 Å². The number of halogens is 1. The predicted molar refractivity (Wildman–Crippen MR) is 123 cm³/mol. The molecule has 148 valence electrons. The van der Waals surface area contributed by atoms with Crippen molar-refractivity contribution in [3.05, 3.63) is 53.9 Å². The third-order valence-electron chi connectivity index (χ3n) is 5.27. The van der Waals surface area contributed by atoms with Crippen molar-refractivity contribution >= 4 is 29.9 Å². The van der Waals surface area contributed by atoms with Crippen molar-refractivity contribution in [2.75, 3.05) is 19.6 Å². The van der Waals surface area contributed by atoms with E-state index in [0.717, 1.165) is 38.4 Å². The van der Waals surface area contributed by atoms with Crippen LogP contribution in [0.1, 0.15) is 43.7 Å². The van der Waals surface area contributed by atoms with E-state index in [1.165, 1.54) is 30.4 Å². The van der Waals surface area contributed by atoms with Crippen LogP contribution >= 0.6 is 24.0 Å². The molecule has 2 N–H and O–H groups in total. The van der Waals surface area contributed by atoms with Gasteiger partial charge in [0.15, 0.2) is 5.96 Å². The number of aryl methyl sites for hydroxylation is 2. The van der Waals surface area contributed by atoms with Crippen LogP contribution in [0.4, 0.5) is 0 Å². The van der Waals surface area contributed by atoms with Crippen LogP contribution in [0.3, 0.4) is 0 Å². The smallest absolute Gasteiger partial charge is 0.191 e. The number of nitrogens with one attached hydrogen (secondary N) is 2. The summed E-state index contributed by atoms with van der Waals surface area (Å²) in [7, 11) is 1.96. The predicted octanol–water partition coefficient (Wildman–Crippen LogP) is 3.65. The van der Waals surface area contributed by atoms with Gasteiger partial charge in [0.1, 0.15) is 0 Å². The van der Waals surface area contributed by atoms with Gasteiger partial charge < -0.3 is 10.6 Å². The van der Waals surface area contributed by atoms with Crippen LogP contribution in [-0.4, -0.2) is 35.4 Å². The molecule has 5 nitrogen and oxygen atoms in total. The summed E-state index contributed by atoms with van der Waals surface area (Å²) in [6.07, 6.45) is 9.91. The monoisotopic (exact) mass is 481 g/mol. The summed E-state index contributed by atoms with van der Waals surface area (Å²) < 4.78 is 1.86. The van der Waals surface area contributed by atoms with Crippen LogP contribution in [0.15, 0.2) is 47.7 Å². The zero-order valence-corrected chi connectivity index (χ0v) is 18.8. The van der Waals surface area contributed by atoms with Gasteiger partial charge in [0.05, 0.1) is 12.7 Å². The Bertz CT molecular complexity index is 706. The summed E-state index contributed by atoms with van der Waals surface area (Å²) in [6, 6.07) is 10.9. The lowest BCUT2D eigenvalue weighted by Crippen LogP contribution is -2.42. The second-order valence-corrected chi connectivity index (χ2v) is 7.25. The van der Waals surface area contributed by atoms with Gasteiger partial charge in [-0.15, -0.1) is 24.0 Å². The summed E-state index contributed by atoms with van der Waals surface area (Å²) in [5.41, 5.74) is 2.95. The van der Waals surface area contributed by atoms with Crippen molar-refractivity contribution in [3.63, 3.8) is 0 Å². The van der Waals surface area contributed by atoms with E-state index in [1.807, 2.05) is 17.9 Å². The second kappa shape index (κ2) is 10.7. The zero-order chi connectivity index (χ0) is 18.2. The number of nitrogens with zero attached hydrogens (tertiary/aromatic N) is 3. The Kier molecular flexibility index (Phi) is 8.60. The fraction of sp³-hybridized carbons (Fsp3) is 0.524. The molecular weight excluding hydrogens is 449 g/mol. The Morgan fingerprint density at radius 2 is 2.00 bits per heavy atom. The fourth-order valence-corrected chi connectivity index (χ4v) is 3.61.